The van der Waals surface area contributed by atoms with E-state index < -0.39 is 29.1 Å². The molecule has 10 heteroatoms. The fraction of sp³-hybridized carbons (Fsp3) is 0.520. The highest BCUT2D eigenvalue weighted by molar-refractivity contribution is 5.98. The number of halogens is 1. The molecule has 1 aliphatic rings. The first-order chi connectivity index (χ1) is 16.3. The lowest BCUT2D eigenvalue weighted by atomic mass is 9.86. The third-order valence-electron chi connectivity index (χ3n) is 6.14. The number of fused-ring (bicyclic) bond motifs is 1. The number of aromatic nitrogens is 2. The summed E-state index contributed by atoms with van der Waals surface area (Å²) in [5.74, 6) is -1.38. The van der Waals surface area contributed by atoms with Crippen molar-refractivity contribution in [2.75, 3.05) is 34.7 Å². The molecular weight excluding hydrogens is 451 g/mol. The predicted molar refractivity (Wildman–Crippen MR) is 131 cm³/mol. The third kappa shape index (κ3) is 5.53. The zero-order valence-corrected chi connectivity index (χ0v) is 21.5. The Kier molecular flexibility index (Phi) is 7.64. The molecule has 0 bridgehead atoms. The molecule has 2 aromatic rings. The molecular formula is C25H35FN6O3. The maximum Gasteiger partial charge on any atom is 0.272 e. The zero-order chi connectivity index (χ0) is 26.1. The molecule has 35 heavy (non-hydrogen) atoms. The van der Waals surface area contributed by atoms with Crippen molar-refractivity contribution in [3.8, 4) is 11.4 Å². The molecule has 1 aromatic heterocycles. The molecule has 2 heterocycles. The number of rotatable bonds is 5. The van der Waals surface area contributed by atoms with Crippen LogP contribution >= 0.6 is 0 Å². The maximum atomic E-state index is 14.9. The van der Waals surface area contributed by atoms with Crippen molar-refractivity contribution in [1.29, 1.82) is 0 Å². The molecule has 0 fully saturated rings. The molecule has 190 valence electrons. The Morgan fingerprint density at radius 3 is 2.43 bits per heavy atom. The number of carbonyl (C=O) groups is 3. The molecule has 3 amide bonds. The summed E-state index contributed by atoms with van der Waals surface area (Å²) in [4.78, 5) is 46.2. The van der Waals surface area contributed by atoms with Crippen LogP contribution in [0.3, 0.4) is 0 Å². The molecule has 0 saturated heterocycles. The first kappa shape index (κ1) is 26.3. The molecule has 1 aromatic carbocycles. The number of hydrogen-bond donors (Lipinski definition) is 2. The highest BCUT2D eigenvalue weighted by Gasteiger charge is 2.34. The van der Waals surface area contributed by atoms with Crippen LogP contribution < -0.4 is 10.6 Å². The van der Waals surface area contributed by atoms with Gasteiger partial charge in [0, 0.05) is 39.8 Å². The van der Waals surface area contributed by atoms with Gasteiger partial charge in [0.2, 0.25) is 5.91 Å². The molecule has 0 unspecified atom stereocenters. The van der Waals surface area contributed by atoms with Crippen LogP contribution in [-0.2, 0) is 17.9 Å². The number of nitrogens with one attached hydrogen (secondary N) is 2. The Hall–Kier alpha value is -3.27. The molecule has 0 radical (unpaired) electrons. The Balaban J connectivity index is 2.08. The maximum absolute atomic E-state index is 14.9. The normalized spacial score (nSPS) is 15.1. The number of likely N-dealkylation sites (N-methyl/N-ethyl adjacent to an activating group) is 1. The summed E-state index contributed by atoms with van der Waals surface area (Å²) in [6.07, 6.45) is 0.830. The average molecular weight is 487 g/mol. The van der Waals surface area contributed by atoms with Gasteiger partial charge in [0.1, 0.15) is 17.7 Å². The zero-order valence-electron chi connectivity index (χ0n) is 21.5. The number of carbonyl (C=O) groups excluding carboxylic acids is 3. The van der Waals surface area contributed by atoms with E-state index in [1.165, 1.54) is 24.1 Å². The monoisotopic (exact) mass is 486 g/mol. The van der Waals surface area contributed by atoms with E-state index in [4.69, 9.17) is 0 Å². The minimum Gasteiger partial charge on any atom is -0.357 e. The van der Waals surface area contributed by atoms with E-state index in [-0.39, 0.29) is 17.2 Å². The summed E-state index contributed by atoms with van der Waals surface area (Å²) in [7, 11) is 6.63. The average Bonchev–Trinajstić information content (AvgIpc) is 3.01. The summed E-state index contributed by atoms with van der Waals surface area (Å²) in [6.45, 7) is 7.54. The van der Waals surface area contributed by atoms with E-state index >= 15 is 0 Å². The summed E-state index contributed by atoms with van der Waals surface area (Å²) >= 11 is 0. The highest BCUT2D eigenvalue weighted by Crippen LogP contribution is 2.28. The summed E-state index contributed by atoms with van der Waals surface area (Å²) < 4.78 is 16.8. The predicted octanol–water partition coefficient (Wildman–Crippen LogP) is 2.12. The van der Waals surface area contributed by atoms with Crippen LogP contribution in [0.2, 0.25) is 0 Å². The first-order valence-electron chi connectivity index (χ1n) is 11.7. The van der Waals surface area contributed by atoms with Gasteiger partial charge in [0.05, 0.1) is 11.3 Å². The quantitative estimate of drug-likeness (QED) is 0.675. The number of amides is 3. The van der Waals surface area contributed by atoms with Gasteiger partial charge in [-0.3, -0.25) is 14.4 Å². The number of nitrogens with zero attached hydrogens (tertiary/aromatic N) is 4. The fourth-order valence-corrected chi connectivity index (χ4v) is 4.21. The van der Waals surface area contributed by atoms with Gasteiger partial charge in [-0.1, -0.05) is 26.8 Å². The van der Waals surface area contributed by atoms with E-state index in [9.17, 15) is 18.8 Å². The second kappa shape index (κ2) is 10.2. The molecule has 2 N–H and O–H groups in total. The van der Waals surface area contributed by atoms with Crippen molar-refractivity contribution in [3.63, 3.8) is 0 Å². The van der Waals surface area contributed by atoms with E-state index in [1.807, 2.05) is 32.4 Å². The lowest BCUT2D eigenvalue weighted by Crippen LogP contribution is -2.53. The van der Waals surface area contributed by atoms with Gasteiger partial charge < -0.3 is 25.0 Å². The highest BCUT2D eigenvalue weighted by atomic mass is 19.1. The van der Waals surface area contributed by atoms with Gasteiger partial charge in [-0.15, -0.1) is 0 Å². The summed E-state index contributed by atoms with van der Waals surface area (Å²) in [5.41, 5.74) is 0.833. The molecule has 9 nitrogen and oxygen atoms in total. The van der Waals surface area contributed by atoms with Crippen LogP contribution in [0.4, 0.5) is 4.39 Å². The lowest BCUT2D eigenvalue weighted by Gasteiger charge is -2.29. The van der Waals surface area contributed by atoms with E-state index in [0.717, 1.165) is 13.0 Å². The van der Waals surface area contributed by atoms with Crippen molar-refractivity contribution in [2.24, 2.45) is 5.41 Å². The first-order valence-corrected chi connectivity index (χ1v) is 11.7. The van der Waals surface area contributed by atoms with Crippen LogP contribution in [-0.4, -0.2) is 77.8 Å². The second-order valence-electron chi connectivity index (χ2n) is 10.3. The smallest absolute Gasteiger partial charge is 0.272 e. The van der Waals surface area contributed by atoms with Gasteiger partial charge in [-0.25, -0.2) is 9.37 Å². The Labute approximate surface area is 205 Å². The van der Waals surface area contributed by atoms with Crippen molar-refractivity contribution in [3.05, 3.63) is 41.0 Å². The van der Waals surface area contributed by atoms with E-state index in [2.05, 4.69) is 20.5 Å². The van der Waals surface area contributed by atoms with Gasteiger partial charge in [-0.05, 0) is 37.6 Å². The number of hydrogen-bond acceptors (Lipinski definition) is 5. The summed E-state index contributed by atoms with van der Waals surface area (Å²) in [5, 5.41) is 5.46. The van der Waals surface area contributed by atoms with Gasteiger partial charge in [0.25, 0.3) is 11.8 Å². The Bertz CT molecular complexity index is 1130. The second-order valence-corrected chi connectivity index (χ2v) is 10.3. The minimum absolute atomic E-state index is 0.0299. The molecule has 0 aliphatic carbocycles. The standard InChI is InChI=1S/C25H35FN6O3/c1-25(2,3)20(23(34)27-4)29-22(33)19-18-14-31(7)11-8-12-32(18)21(28-19)15-9-10-16(17(26)13-15)24(35)30(5)6/h9-10,13,20H,8,11-12,14H2,1-7H3,(H,27,34)(H,29,33)/t20-/m1/s1. The topological polar surface area (TPSA) is 99.6 Å². The van der Waals surface area contributed by atoms with Gasteiger partial charge in [-0.2, -0.15) is 0 Å². The molecule has 1 aliphatic heterocycles. The Morgan fingerprint density at radius 1 is 1.17 bits per heavy atom. The molecule has 3 rings (SSSR count). The van der Waals surface area contributed by atoms with Crippen LogP contribution in [0.15, 0.2) is 18.2 Å². The van der Waals surface area contributed by atoms with Crippen molar-refractivity contribution in [2.45, 2.75) is 46.3 Å². The Morgan fingerprint density at radius 2 is 1.86 bits per heavy atom. The largest absolute Gasteiger partial charge is 0.357 e. The molecule has 0 spiro atoms. The van der Waals surface area contributed by atoms with Crippen LogP contribution in [0.5, 0.6) is 0 Å². The molecule has 1 atom stereocenters. The van der Waals surface area contributed by atoms with Crippen LogP contribution in [0.25, 0.3) is 11.4 Å². The lowest BCUT2D eigenvalue weighted by molar-refractivity contribution is -0.124. The van der Waals surface area contributed by atoms with E-state index in [1.54, 1.807) is 20.2 Å². The third-order valence-corrected chi connectivity index (χ3v) is 6.14. The van der Waals surface area contributed by atoms with Crippen molar-refractivity contribution < 1.29 is 18.8 Å². The minimum atomic E-state index is -0.766. The summed E-state index contributed by atoms with van der Waals surface area (Å²) in [6, 6.07) is 3.61. The van der Waals surface area contributed by atoms with Crippen molar-refractivity contribution in [1.82, 2.24) is 30.0 Å². The molecule has 0 saturated carbocycles. The SMILES string of the molecule is CNC(=O)[C@@H](NC(=O)c1nc(-c2ccc(C(=O)N(C)C)c(F)c2)n2c1CN(C)CCC2)C(C)(C)C. The van der Waals surface area contributed by atoms with Crippen LogP contribution in [0, 0.1) is 11.2 Å². The van der Waals surface area contributed by atoms with Crippen LogP contribution in [0.1, 0.15) is 53.7 Å². The fourth-order valence-electron chi connectivity index (χ4n) is 4.21. The van der Waals surface area contributed by atoms with Crippen molar-refractivity contribution >= 4 is 17.7 Å². The van der Waals surface area contributed by atoms with E-state index in [0.29, 0.717) is 30.2 Å². The number of benzene rings is 1. The van der Waals surface area contributed by atoms with Gasteiger partial charge >= 0.3 is 0 Å². The van der Waals surface area contributed by atoms with Gasteiger partial charge in [0.15, 0.2) is 5.69 Å². The number of imidazole rings is 1.